The molecule has 0 unspecified atom stereocenters. The lowest BCUT2D eigenvalue weighted by atomic mass is 9.43. The number of benzene rings is 9. The van der Waals surface area contributed by atoms with Crippen LogP contribution in [0, 0.1) is 0 Å². The van der Waals surface area contributed by atoms with E-state index in [1.54, 1.807) is 0 Å². The molecule has 2 aliphatic heterocycles. The average molecular weight is 983 g/mol. The van der Waals surface area contributed by atoms with Gasteiger partial charge in [0.25, 0.3) is 0 Å². The van der Waals surface area contributed by atoms with Crippen molar-refractivity contribution >= 4 is 83.9 Å². The maximum atomic E-state index is 7.49. The van der Waals surface area contributed by atoms with E-state index in [9.17, 15) is 0 Å². The molecule has 368 valence electrons. The number of hydrogen-bond acceptors (Lipinski definition) is 3. The van der Waals surface area contributed by atoms with Crippen molar-refractivity contribution in [2.24, 2.45) is 0 Å². The first-order valence-corrected chi connectivity index (χ1v) is 27.5. The van der Waals surface area contributed by atoms with Crippen LogP contribution in [0.4, 0.5) is 11.4 Å². The number of furan rings is 2. The van der Waals surface area contributed by atoms with E-state index in [0.29, 0.717) is 0 Å². The summed E-state index contributed by atoms with van der Waals surface area (Å²) in [6.07, 6.45) is 2.27. The molecule has 0 atom stereocenters. The first kappa shape index (κ1) is 44.3. The quantitative estimate of drug-likeness (QED) is 0.165. The topological polar surface area (TPSA) is 34.5 Å². The van der Waals surface area contributed by atoms with Gasteiger partial charge in [0.1, 0.15) is 22.5 Å². The molecule has 0 bridgehead atoms. The van der Waals surface area contributed by atoms with Crippen molar-refractivity contribution < 1.29 is 8.83 Å². The van der Waals surface area contributed by atoms with Crippen molar-refractivity contribution in [2.75, 3.05) is 4.81 Å². The summed E-state index contributed by atoms with van der Waals surface area (Å²) in [4.78, 5) is 2.69. The second-order valence-corrected chi connectivity index (χ2v) is 25.4. The lowest BCUT2D eigenvalue weighted by Gasteiger charge is -2.43. The van der Waals surface area contributed by atoms with E-state index in [1.165, 1.54) is 99.6 Å². The largest absolute Gasteiger partial charge is 0.455 e. The zero-order valence-electron chi connectivity index (χ0n) is 44.9. The molecule has 0 saturated carbocycles. The predicted octanol–water partition coefficient (Wildman–Crippen LogP) is 18.0. The molecule has 2 aliphatic carbocycles. The van der Waals surface area contributed by atoms with Gasteiger partial charge in [-0.15, -0.1) is 0 Å². The number of fused-ring (bicyclic) bond motifs is 18. The van der Waals surface area contributed by atoms with E-state index < -0.39 is 0 Å². The molecule has 0 amide bonds. The third-order valence-electron chi connectivity index (χ3n) is 18.8. The molecular formula is C71H59BN2O2. The molecule has 12 aromatic rings. The first-order chi connectivity index (χ1) is 36.6. The van der Waals surface area contributed by atoms with Gasteiger partial charge in [0, 0.05) is 71.7 Å². The predicted molar refractivity (Wildman–Crippen MR) is 319 cm³/mol. The maximum Gasteiger partial charge on any atom is 0.333 e. The van der Waals surface area contributed by atoms with Gasteiger partial charge in [-0.05, 0) is 139 Å². The molecule has 3 aromatic heterocycles. The van der Waals surface area contributed by atoms with Crippen LogP contribution in [0.5, 0.6) is 0 Å². The van der Waals surface area contributed by atoms with Crippen LogP contribution in [-0.2, 0) is 21.7 Å². The Balaban J connectivity index is 1.14. The molecule has 16 rings (SSSR count). The summed E-state index contributed by atoms with van der Waals surface area (Å²) in [5.41, 5.74) is 26.2. The highest BCUT2D eigenvalue weighted by Gasteiger charge is 2.49. The van der Waals surface area contributed by atoms with Crippen molar-refractivity contribution in [1.29, 1.82) is 0 Å². The molecule has 76 heavy (non-hydrogen) atoms. The van der Waals surface area contributed by atoms with Crippen molar-refractivity contribution in [3.05, 3.63) is 198 Å². The highest BCUT2D eigenvalue weighted by atomic mass is 16.3. The van der Waals surface area contributed by atoms with Crippen molar-refractivity contribution in [2.45, 2.75) is 96.8 Å². The van der Waals surface area contributed by atoms with E-state index >= 15 is 0 Å². The van der Waals surface area contributed by atoms with Gasteiger partial charge in [0.05, 0.1) is 11.0 Å². The number of aromatic nitrogens is 1. The van der Waals surface area contributed by atoms with Gasteiger partial charge in [-0.3, -0.25) is 0 Å². The van der Waals surface area contributed by atoms with Gasteiger partial charge in [-0.25, -0.2) is 0 Å². The molecule has 5 heteroatoms. The van der Waals surface area contributed by atoms with Crippen molar-refractivity contribution in [3.8, 4) is 50.4 Å². The average Bonchev–Trinajstić information content (AvgIpc) is 3.85. The summed E-state index contributed by atoms with van der Waals surface area (Å²) in [5.74, 6) is 0.882. The fraction of sp³-hybridized carbons (Fsp3) is 0.211. The Morgan fingerprint density at radius 3 is 1.91 bits per heavy atom. The molecule has 0 radical (unpaired) electrons. The highest BCUT2D eigenvalue weighted by molar-refractivity contribution is 6.94. The smallest absolute Gasteiger partial charge is 0.333 e. The fourth-order valence-corrected chi connectivity index (χ4v) is 14.7. The first-order valence-electron chi connectivity index (χ1n) is 27.5. The van der Waals surface area contributed by atoms with Gasteiger partial charge < -0.3 is 18.2 Å². The Bertz CT molecular complexity index is 4520. The zero-order chi connectivity index (χ0) is 51.5. The summed E-state index contributed by atoms with van der Waals surface area (Å²) < 4.78 is 17.5. The molecule has 9 aromatic carbocycles. The Hall–Kier alpha value is -8.02. The summed E-state index contributed by atoms with van der Waals surface area (Å²) in [6, 6.07) is 64.1. The monoisotopic (exact) mass is 982 g/mol. The lowest BCUT2D eigenvalue weighted by Crippen LogP contribution is -2.60. The Kier molecular flexibility index (Phi) is 8.55. The Morgan fingerprint density at radius 1 is 0.500 bits per heavy atom. The summed E-state index contributed by atoms with van der Waals surface area (Å²) in [5, 5.41) is 6.00. The molecule has 4 nitrogen and oxygen atoms in total. The number of hydrogen-bond donors (Lipinski definition) is 0. The molecular weight excluding hydrogens is 924 g/mol. The van der Waals surface area contributed by atoms with Gasteiger partial charge in [-0.2, -0.15) is 0 Å². The number of nitrogens with zero attached hydrogens (tertiary/aromatic N) is 2. The summed E-state index contributed by atoms with van der Waals surface area (Å²) in [6.45, 7) is 21.3. The minimum atomic E-state index is -0.266. The highest BCUT2D eigenvalue weighted by Crippen LogP contribution is 2.58. The molecule has 0 N–H and O–H groups in total. The molecule has 5 heterocycles. The summed E-state index contributed by atoms with van der Waals surface area (Å²) >= 11 is 0. The van der Waals surface area contributed by atoms with Gasteiger partial charge in [-0.1, -0.05) is 178 Å². The van der Waals surface area contributed by atoms with E-state index in [4.69, 9.17) is 8.83 Å². The van der Waals surface area contributed by atoms with E-state index in [1.807, 2.05) is 0 Å². The van der Waals surface area contributed by atoms with Gasteiger partial charge in [0.15, 0.2) is 0 Å². The van der Waals surface area contributed by atoms with Crippen molar-refractivity contribution in [3.63, 3.8) is 0 Å². The number of anilines is 2. The zero-order valence-corrected chi connectivity index (χ0v) is 44.9. The van der Waals surface area contributed by atoms with Crippen LogP contribution in [0.25, 0.3) is 105 Å². The molecule has 0 fully saturated rings. The second kappa shape index (κ2) is 14.7. The number of rotatable bonds is 3. The van der Waals surface area contributed by atoms with Crippen LogP contribution in [0.1, 0.15) is 103 Å². The second-order valence-electron chi connectivity index (χ2n) is 25.4. The minimum Gasteiger partial charge on any atom is -0.455 e. The summed E-state index contributed by atoms with van der Waals surface area (Å²) in [7, 11) is 0. The SMILES string of the molecule is CC(C)(C)c1ccc(N2B3c4cc5oc(-c6ccccc6)c(-c6ccccc6)c5cc4-n4c5cc6c(cc5c5c7c(oc8ccccc87)c(c3c54)-c3cc4c(cc32)C(C)(C)c2ccccc2-4)C(C)(C)CCC6(C)C)cc1. The fourth-order valence-electron chi connectivity index (χ4n) is 14.7. The Labute approximate surface area is 444 Å². The van der Waals surface area contributed by atoms with Crippen LogP contribution < -0.4 is 15.7 Å². The number of para-hydroxylation sites is 1. The van der Waals surface area contributed by atoms with E-state index in [2.05, 4.69) is 242 Å². The van der Waals surface area contributed by atoms with Gasteiger partial charge in [0.2, 0.25) is 0 Å². The van der Waals surface area contributed by atoms with E-state index in [0.717, 1.165) is 68.5 Å². The van der Waals surface area contributed by atoms with Crippen LogP contribution in [0.2, 0.25) is 0 Å². The van der Waals surface area contributed by atoms with Crippen LogP contribution >= 0.6 is 0 Å². The third kappa shape index (κ3) is 5.71. The van der Waals surface area contributed by atoms with Crippen molar-refractivity contribution in [1.82, 2.24) is 4.57 Å². The molecule has 0 saturated heterocycles. The van der Waals surface area contributed by atoms with Gasteiger partial charge >= 0.3 is 6.85 Å². The third-order valence-corrected chi connectivity index (χ3v) is 18.8. The minimum absolute atomic E-state index is 0.000655. The Morgan fingerprint density at radius 2 is 1.17 bits per heavy atom. The van der Waals surface area contributed by atoms with E-state index in [-0.39, 0.29) is 28.5 Å². The standard InChI is InChI=1S/C71H59BN2O2/c1-68(2,3)42-28-30-43(31-29-42)74-56-37-51-46(44-24-16-18-26-50(44)71(51,8)9)34-47(56)63-64-65-61(62-45-25-17-19-27-58(45)75-67(62)63)48-35-52-53(70(6,7)33-32-69(52,4)5)38-55(48)73(65)57-36-49-59(39-54(57)72(64)74)76-66(41-22-14-11-15-23-41)60(49)40-20-12-10-13-21-40/h10-31,34-39H,32-33H2,1-9H3. The van der Waals surface area contributed by atoms with Crippen LogP contribution in [0.15, 0.2) is 179 Å². The molecule has 0 spiro atoms. The van der Waals surface area contributed by atoms with Crippen LogP contribution in [0.3, 0.4) is 0 Å². The normalized spacial score (nSPS) is 16.4. The van der Waals surface area contributed by atoms with Crippen LogP contribution in [-0.4, -0.2) is 11.4 Å². The molecule has 4 aliphatic rings. The lowest BCUT2D eigenvalue weighted by molar-refractivity contribution is 0.332. The maximum absolute atomic E-state index is 7.49.